The van der Waals surface area contributed by atoms with Crippen LogP contribution in [-0.4, -0.2) is 11.5 Å². The summed E-state index contributed by atoms with van der Waals surface area (Å²) >= 11 is 3.52. The zero-order chi connectivity index (χ0) is 12.7. The summed E-state index contributed by atoms with van der Waals surface area (Å²) in [6.07, 6.45) is 2.15. The second kappa shape index (κ2) is 7.98. The van der Waals surface area contributed by atoms with Crippen molar-refractivity contribution in [3.8, 4) is 0 Å². The van der Waals surface area contributed by atoms with Crippen molar-refractivity contribution in [2.75, 3.05) is 11.5 Å². The molecule has 0 aliphatic carbocycles. The van der Waals surface area contributed by atoms with Crippen molar-refractivity contribution in [3.05, 3.63) is 35.4 Å². The highest BCUT2D eigenvalue weighted by molar-refractivity contribution is 8.16. The predicted molar refractivity (Wildman–Crippen MR) is 74.6 cm³/mol. The summed E-state index contributed by atoms with van der Waals surface area (Å²) in [4.78, 5) is 0. The maximum atomic E-state index is 13.2. The average Bonchev–Trinajstić information content (AvgIpc) is 2.28. The molecular formula is C13H18F2S2. The third-order valence-corrected chi connectivity index (χ3v) is 5.36. The van der Waals surface area contributed by atoms with Crippen molar-refractivity contribution in [2.45, 2.75) is 31.3 Å². The third kappa shape index (κ3) is 5.30. The second-order valence-corrected chi connectivity index (χ2v) is 6.50. The summed E-state index contributed by atoms with van der Waals surface area (Å²) < 4.78 is 26.5. The van der Waals surface area contributed by atoms with E-state index in [2.05, 4.69) is 13.8 Å². The maximum absolute atomic E-state index is 13.2. The van der Waals surface area contributed by atoms with E-state index in [4.69, 9.17) is 0 Å². The summed E-state index contributed by atoms with van der Waals surface area (Å²) in [5.74, 6) is 1.05. The Morgan fingerprint density at radius 2 is 1.41 bits per heavy atom. The minimum atomic E-state index is -0.487. The fourth-order valence-electron chi connectivity index (χ4n) is 1.40. The molecule has 0 bridgehead atoms. The van der Waals surface area contributed by atoms with Crippen molar-refractivity contribution < 1.29 is 8.78 Å². The molecule has 0 aliphatic rings. The molecular weight excluding hydrogens is 258 g/mol. The van der Waals surface area contributed by atoms with E-state index >= 15 is 0 Å². The first-order chi connectivity index (χ1) is 8.17. The van der Waals surface area contributed by atoms with Crippen molar-refractivity contribution in [3.63, 3.8) is 0 Å². The molecule has 0 spiro atoms. The fourth-order valence-corrected chi connectivity index (χ4v) is 3.92. The monoisotopic (exact) mass is 276 g/mol. The van der Waals surface area contributed by atoms with Gasteiger partial charge in [0.1, 0.15) is 11.6 Å². The molecule has 0 nitrogen and oxygen atoms in total. The van der Waals surface area contributed by atoms with Gasteiger partial charge in [-0.3, -0.25) is 0 Å². The normalized spacial score (nSPS) is 11.1. The minimum absolute atomic E-state index is 0.139. The summed E-state index contributed by atoms with van der Waals surface area (Å²) in [5, 5.41) is 0. The molecule has 0 atom stereocenters. The molecule has 0 saturated carbocycles. The van der Waals surface area contributed by atoms with E-state index in [1.54, 1.807) is 23.5 Å². The van der Waals surface area contributed by atoms with E-state index in [1.165, 1.54) is 12.1 Å². The smallest absolute Gasteiger partial charge is 0.126 e. The van der Waals surface area contributed by atoms with Crippen LogP contribution in [0.25, 0.3) is 0 Å². The Balaban J connectivity index is 2.78. The molecule has 1 aromatic carbocycles. The van der Waals surface area contributed by atoms with Crippen molar-refractivity contribution in [1.29, 1.82) is 0 Å². The second-order valence-electron chi connectivity index (χ2n) is 3.78. The van der Waals surface area contributed by atoms with Crippen molar-refractivity contribution >= 4 is 23.5 Å². The zero-order valence-electron chi connectivity index (χ0n) is 10.2. The highest BCUT2D eigenvalue weighted by Gasteiger charge is 2.14. The zero-order valence-corrected chi connectivity index (χ0v) is 11.8. The molecule has 1 rings (SSSR count). The number of hydrogen-bond acceptors (Lipinski definition) is 2. The third-order valence-electron chi connectivity index (χ3n) is 2.10. The predicted octanol–water partition coefficient (Wildman–Crippen LogP) is 5.25. The van der Waals surface area contributed by atoms with Crippen LogP contribution in [0, 0.1) is 11.6 Å². The van der Waals surface area contributed by atoms with E-state index in [1.807, 2.05) is 0 Å². The molecule has 0 heterocycles. The number of halogens is 2. The van der Waals surface area contributed by atoms with E-state index < -0.39 is 11.6 Å². The highest BCUT2D eigenvalue weighted by Crippen LogP contribution is 2.40. The lowest BCUT2D eigenvalue weighted by molar-refractivity contribution is 0.581. The van der Waals surface area contributed by atoms with E-state index in [0.717, 1.165) is 36.0 Å². The Morgan fingerprint density at radius 3 is 1.82 bits per heavy atom. The van der Waals surface area contributed by atoms with Crippen LogP contribution < -0.4 is 0 Å². The largest absolute Gasteiger partial charge is 0.207 e. The van der Waals surface area contributed by atoms with Crippen molar-refractivity contribution in [1.82, 2.24) is 0 Å². The first-order valence-electron chi connectivity index (χ1n) is 5.86. The Hall–Kier alpha value is -0.220. The molecule has 0 fully saturated rings. The Bertz CT molecular complexity index is 314. The molecule has 0 aromatic heterocycles. The van der Waals surface area contributed by atoms with Gasteiger partial charge in [-0.05, 0) is 42.0 Å². The number of rotatable bonds is 7. The molecule has 0 unspecified atom stereocenters. The molecule has 0 radical (unpaired) electrons. The maximum Gasteiger partial charge on any atom is 0.126 e. The van der Waals surface area contributed by atoms with Gasteiger partial charge >= 0.3 is 0 Å². The topological polar surface area (TPSA) is 0 Å². The van der Waals surface area contributed by atoms with Gasteiger partial charge in [0.2, 0.25) is 0 Å². The van der Waals surface area contributed by atoms with Gasteiger partial charge < -0.3 is 0 Å². The molecule has 0 aliphatic heterocycles. The molecule has 17 heavy (non-hydrogen) atoms. The van der Waals surface area contributed by atoms with Crippen LogP contribution in [0.1, 0.15) is 36.8 Å². The number of hydrogen-bond donors (Lipinski definition) is 0. The van der Waals surface area contributed by atoms with Crippen LogP contribution in [-0.2, 0) is 0 Å². The first-order valence-corrected chi connectivity index (χ1v) is 7.96. The molecule has 0 N–H and O–H groups in total. The lowest BCUT2D eigenvalue weighted by atomic mass is 10.2. The standard InChI is InChI=1S/C13H18F2S2/c1-3-5-16-13(17-6-4-2)10-7-11(14)9-12(15)8-10/h7-9,13H,3-6H2,1-2H3. The van der Waals surface area contributed by atoms with Gasteiger partial charge in [-0.15, -0.1) is 23.5 Å². The summed E-state index contributed by atoms with van der Waals surface area (Å²) in [7, 11) is 0. The van der Waals surface area contributed by atoms with Crippen LogP contribution in [0.4, 0.5) is 8.78 Å². The summed E-state index contributed by atoms with van der Waals surface area (Å²) in [6, 6.07) is 3.81. The SMILES string of the molecule is CCCSC(SCCC)c1cc(F)cc(F)c1. The van der Waals surface area contributed by atoms with E-state index in [9.17, 15) is 8.78 Å². The molecule has 0 saturated heterocycles. The molecule has 4 heteroatoms. The van der Waals surface area contributed by atoms with Crippen LogP contribution >= 0.6 is 23.5 Å². The summed E-state index contributed by atoms with van der Waals surface area (Å²) in [6.45, 7) is 4.22. The number of benzene rings is 1. The van der Waals surface area contributed by atoms with E-state index in [0.29, 0.717) is 0 Å². The van der Waals surface area contributed by atoms with Gasteiger partial charge in [0.15, 0.2) is 0 Å². The van der Waals surface area contributed by atoms with Gasteiger partial charge in [0, 0.05) is 6.07 Å². The minimum Gasteiger partial charge on any atom is -0.207 e. The Morgan fingerprint density at radius 1 is 0.941 bits per heavy atom. The first kappa shape index (κ1) is 14.8. The molecule has 0 amide bonds. The lowest BCUT2D eigenvalue weighted by Gasteiger charge is -2.16. The Labute approximate surface area is 111 Å². The van der Waals surface area contributed by atoms with E-state index in [-0.39, 0.29) is 4.58 Å². The Kier molecular flexibility index (Phi) is 6.97. The van der Waals surface area contributed by atoms with Gasteiger partial charge in [-0.1, -0.05) is 13.8 Å². The fraction of sp³-hybridized carbons (Fsp3) is 0.538. The van der Waals surface area contributed by atoms with Gasteiger partial charge in [-0.2, -0.15) is 0 Å². The van der Waals surface area contributed by atoms with Crippen LogP contribution in [0.3, 0.4) is 0 Å². The molecule has 96 valence electrons. The summed E-state index contributed by atoms with van der Waals surface area (Å²) in [5.41, 5.74) is 0.749. The van der Waals surface area contributed by atoms with Gasteiger partial charge in [0.05, 0.1) is 4.58 Å². The molecule has 1 aromatic rings. The highest BCUT2D eigenvalue weighted by atomic mass is 32.2. The van der Waals surface area contributed by atoms with Crippen LogP contribution in [0.2, 0.25) is 0 Å². The van der Waals surface area contributed by atoms with Crippen LogP contribution in [0.15, 0.2) is 18.2 Å². The number of thioether (sulfide) groups is 2. The lowest BCUT2D eigenvalue weighted by Crippen LogP contribution is -1.95. The van der Waals surface area contributed by atoms with Gasteiger partial charge in [0.25, 0.3) is 0 Å². The quantitative estimate of drug-likeness (QED) is 0.624. The van der Waals surface area contributed by atoms with Crippen LogP contribution in [0.5, 0.6) is 0 Å². The van der Waals surface area contributed by atoms with Crippen molar-refractivity contribution in [2.24, 2.45) is 0 Å². The average molecular weight is 276 g/mol. The van der Waals surface area contributed by atoms with Gasteiger partial charge in [-0.25, -0.2) is 8.78 Å².